The van der Waals surface area contributed by atoms with Crippen LogP contribution in [0.3, 0.4) is 0 Å². The van der Waals surface area contributed by atoms with Crippen molar-refractivity contribution in [2.24, 2.45) is 0 Å². The molecule has 0 aliphatic rings. The first kappa shape index (κ1) is 7.69. The van der Waals surface area contributed by atoms with E-state index in [-0.39, 0.29) is 0 Å². The van der Waals surface area contributed by atoms with Crippen LogP contribution in [-0.2, 0) is 0 Å². The zero-order valence-electron chi connectivity index (χ0n) is 5.52. The third-order valence-electron chi connectivity index (χ3n) is 1.14. The Balaban J connectivity index is 2.45. The Kier molecular flexibility index (Phi) is 2.24. The molecule has 0 atom stereocenters. The number of aromatic nitrogens is 2. The van der Waals surface area contributed by atoms with E-state index in [1.165, 1.54) is 2.89 Å². The van der Waals surface area contributed by atoms with Gasteiger partial charge in [0.25, 0.3) is 0 Å². The maximum atomic E-state index is 4.26. The number of hydrogen-bond acceptors (Lipinski definition) is 4. The second kappa shape index (κ2) is 3.20. The van der Waals surface area contributed by atoms with Crippen molar-refractivity contribution in [2.75, 3.05) is 0 Å². The first-order valence-corrected chi connectivity index (χ1v) is 6.32. The van der Waals surface area contributed by atoms with Gasteiger partial charge in [0, 0.05) is 0 Å². The van der Waals surface area contributed by atoms with Gasteiger partial charge in [0.2, 0.25) is 0 Å². The van der Waals surface area contributed by atoms with Crippen molar-refractivity contribution in [3.05, 3.63) is 17.8 Å². The predicted molar refractivity (Wildman–Crippen MR) is 50.0 cm³/mol. The van der Waals surface area contributed by atoms with Crippen molar-refractivity contribution in [1.82, 2.24) is 9.97 Å². The summed E-state index contributed by atoms with van der Waals surface area (Å²) in [5.41, 5.74) is 0. The van der Waals surface area contributed by atoms with E-state index in [9.17, 15) is 0 Å². The molecule has 0 bridgehead atoms. The van der Waals surface area contributed by atoms with Crippen LogP contribution in [0.2, 0.25) is 0 Å². The molecule has 2 nitrogen and oxygen atoms in total. The van der Waals surface area contributed by atoms with Crippen molar-refractivity contribution in [2.45, 2.75) is 0 Å². The van der Waals surface area contributed by atoms with Crippen LogP contribution >= 0.6 is 22.7 Å². The summed E-state index contributed by atoms with van der Waals surface area (Å²) in [5, 5.41) is 4.07. The maximum absolute atomic E-state index is 4.26. The Morgan fingerprint density at radius 2 is 2.18 bits per heavy atom. The van der Waals surface area contributed by atoms with E-state index in [1.807, 2.05) is 17.8 Å². The molecule has 0 aromatic carbocycles. The van der Waals surface area contributed by atoms with Gasteiger partial charge >= 0.3 is 85.8 Å². The fourth-order valence-electron chi connectivity index (χ4n) is 0.715. The molecule has 54 valence electrons. The predicted octanol–water partition coefficient (Wildman–Crippen LogP) is 0.793. The minimum atomic E-state index is 1.04. The minimum absolute atomic E-state index is 1.04. The van der Waals surface area contributed by atoms with E-state index in [2.05, 4.69) is 9.97 Å². The Morgan fingerprint density at radius 1 is 1.27 bits per heavy atom. The Labute approximate surface area is 85.4 Å². The molecule has 2 heterocycles. The van der Waals surface area contributed by atoms with E-state index >= 15 is 0 Å². The molecule has 0 amide bonds. The van der Waals surface area contributed by atoms with Gasteiger partial charge in [0.05, 0.1) is 0 Å². The van der Waals surface area contributed by atoms with E-state index in [0.717, 1.165) is 32.5 Å². The van der Waals surface area contributed by atoms with Crippen LogP contribution in [0.5, 0.6) is 0 Å². The summed E-state index contributed by atoms with van der Waals surface area (Å²) in [4.78, 5) is 8.44. The van der Waals surface area contributed by atoms with E-state index in [4.69, 9.17) is 0 Å². The summed E-state index contributed by atoms with van der Waals surface area (Å²) < 4.78 is 1.36. The third-order valence-corrected chi connectivity index (χ3v) is 4.32. The summed E-state index contributed by atoms with van der Waals surface area (Å²) in [6.45, 7) is 0. The van der Waals surface area contributed by atoms with E-state index < -0.39 is 0 Å². The standard InChI is InChI=1S/C6H3N2S2.Sn.H/c1-3-9-5(7-1)6-8-2-4-10-6;;/h1-3H;;. The van der Waals surface area contributed by atoms with E-state index in [1.54, 1.807) is 22.7 Å². The number of rotatable bonds is 1. The summed E-state index contributed by atoms with van der Waals surface area (Å²) in [5.74, 6) is 0. The number of hydrogen-bond donors (Lipinski definition) is 0. The SMILES string of the molecule is [SnH][c]1cnc(-c2nccs2)s1. The van der Waals surface area contributed by atoms with Gasteiger partial charge in [-0.25, -0.2) is 0 Å². The summed E-state index contributed by atoms with van der Waals surface area (Å²) in [6, 6.07) is 0. The van der Waals surface area contributed by atoms with Gasteiger partial charge in [-0.05, 0) is 0 Å². The van der Waals surface area contributed by atoms with Crippen LogP contribution < -0.4 is 2.89 Å². The molecule has 0 saturated heterocycles. The molecular weight excluding hydrogens is 283 g/mol. The van der Waals surface area contributed by atoms with Crippen molar-refractivity contribution in [3.8, 4) is 10.0 Å². The van der Waals surface area contributed by atoms with Gasteiger partial charge in [-0.1, -0.05) is 0 Å². The molecule has 0 unspecified atom stereocenters. The molecular formula is C6H4N2S2Sn. The Hall–Kier alpha value is 0.0587. The molecule has 11 heavy (non-hydrogen) atoms. The quantitative estimate of drug-likeness (QED) is 0.725. The van der Waals surface area contributed by atoms with Crippen LogP contribution in [0.4, 0.5) is 0 Å². The fourth-order valence-corrected chi connectivity index (χ4v) is 3.25. The van der Waals surface area contributed by atoms with Crippen molar-refractivity contribution < 1.29 is 0 Å². The summed E-state index contributed by atoms with van der Waals surface area (Å²) in [7, 11) is 0. The molecule has 0 N–H and O–H groups in total. The van der Waals surface area contributed by atoms with Crippen molar-refractivity contribution in [1.29, 1.82) is 0 Å². The Bertz CT molecular complexity index is 341. The zero-order valence-corrected chi connectivity index (χ0v) is 10.4. The van der Waals surface area contributed by atoms with Crippen LogP contribution in [0.25, 0.3) is 10.0 Å². The van der Waals surface area contributed by atoms with Crippen LogP contribution in [0, 0.1) is 0 Å². The molecule has 2 aromatic heterocycles. The first-order valence-electron chi connectivity index (χ1n) is 2.97. The van der Waals surface area contributed by atoms with Gasteiger partial charge in [0.1, 0.15) is 0 Å². The monoisotopic (exact) mass is 288 g/mol. The van der Waals surface area contributed by atoms with E-state index in [0.29, 0.717) is 0 Å². The van der Waals surface area contributed by atoms with Gasteiger partial charge in [0.15, 0.2) is 0 Å². The van der Waals surface area contributed by atoms with Crippen LogP contribution in [0.15, 0.2) is 17.8 Å². The zero-order chi connectivity index (χ0) is 7.68. The van der Waals surface area contributed by atoms with Gasteiger partial charge in [-0.2, -0.15) is 0 Å². The fraction of sp³-hybridized carbons (Fsp3) is 0. The van der Waals surface area contributed by atoms with Crippen LogP contribution in [0.1, 0.15) is 0 Å². The number of nitrogens with zero attached hydrogens (tertiary/aromatic N) is 2. The second-order valence-corrected chi connectivity index (χ2v) is 6.83. The molecule has 0 fully saturated rings. The third kappa shape index (κ3) is 1.62. The van der Waals surface area contributed by atoms with Crippen molar-refractivity contribution >= 4 is 48.1 Å². The molecule has 2 radical (unpaired) electrons. The van der Waals surface area contributed by atoms with Gasteiger partial charge in [-0.15, -0.1) is 0 Å². The molecule has 0 aliphatic carbocycles. The average Bonchev–Trinajstić information content (AvgIpc) is 2.55. The molecule has 0 spiro atoms. The summed E-state index contributed by atoms with van der Waals surface area (Å²) >= 11 is 4.53. The van der Waals surface area contributed by atoms with Gasteiger partial charge < -0.3 is 0 Å². The topological polar surface area (TPSA) is 25.8 Å². The van der Waals surface area contributed by atoms with Gasteiger partial charge in [-0.3, -0.25) is 0 Å². The normalized spacial score (nSPS) is 10.3. The van der Waals surface area contributed by atoms with Crippen LogP contribution in [-0.4, -0.2) is 32.5 Å². The number of thiazole rings is 2. The second-order valence-electron chi connectivity index (χ2n) is 1.91. The average molecular weight is 287 g/mol. The molecule has 0 saturated carbocycles. The molecule has 5 heteroatoms. The first-order chi connectivity index (χ1) is 5.36. The molecule has 2 aromatic rings. The summed E-state index contributed by atoms with van der Waals surface area (Å²) in [6.07, 6.45) is 3.75. The molecule has 2 rings (SSSR count). The van der Waals surface area contributed by atoms with Crippen molar-refractivity contribution in [3.63, 3.8) is 0 Å². The molecule has 0 aliphatic heterocycles. The Morgan fingerprint density at radius 3 is 2.73 bits per heavy atom.